The van der Waals surface area contributed by atoms with Crippen molar-refractivity contribution < 1.29 is 47.7 Å². The zero-order valence-corrected chi connectivity index (χ0v) is 39.4. The van der Waals surface area contributed by atoms with Crippen molar-refractivity contribution in [3.8, 4) is 45.1 Å². The minimum atomic E-state index is -0.899. The first-order valence-corrected chi connectivity index (χ1v) is 23.3. The van der Waals surface area contributed by atoms with Crippen LogP contribution in [-0.2, 0) is 36.9 Å². The zero-order chi connectivity index (χ0) is 48.5. The van der Waals surface area contributed by atoms with Crippen LogP contribution in [0.15, 0.2) is 73.1 Å². The van der Waals surface area contributed by atoms with E-state index >= 15 is 0 Å². The van der Waals surface area contributed by atoms with Gasteiger partial charge in [-0.15, -0.1) is 0 Å². The number of methoxy groups -OCH3 is 2. The first kappa shape index (κ1) is 46.5. The van der Waals surface area contributed by atoms with Crippen LogP contribution in [0.3, 0.4) is 0 Å². The average molecular weight is 944 g/mol. The largest absolute Gasteiger partial charge is 0.454 e. The number of hydrogen-bond donors (Lipinski definition) is 4. The van der Waals surface area contributed by atoms with Gasteiger partial charge in [-0.05, 0) is 70.2 Å². The number of likely N-dealkylation sites (tertiary alicyclic amines) is 2. The number of aromatic amines is 2. The van der Waals surface area contributed by atoms with Gasteiger partial charge in [0.25, 0.3) is 0 Å². The van der Waals surface area contributed by atoms with Crippen LogP contribution in [0.1, 0.15) is 81.8 Å². The van der Waals surface area contributed by atoms with E-state index in [4.69, 9.17) is 28.7 Å². The average Bonchev–Trinajstić information content (AvgIpc) is 4.22. The molecule has 3 aromatic carbocycles. The van der Waals surface area contributed by atoms with Gasteiger partial charge in [-0.1, -0.05) is 76.2 Å². The summed E-state index contributed by atoms with van der Waals surface area (Å²) in [4.78, 5) is 87.2. The molecule has 5 atom stereocenters. The Labute approximate surface area is 399 Å². The van der Waals surface area contributed by atoms with Crippen molar-refractivity contribution in [2.45, 2.75) is 90.3 Å². The van der Waals surface area contributed by atoms with Crippen LogP contribution in [0.5, 0.6) is 11.5 Å². The zero-order valence-electron chi connectivity index (χ0n) is 39.4. The van der Waals surface area contributed by atoms with E-state index in [0.717, 1.165) is 57.6 Å². The number of rotatable bonds is 12. The van der Waals surface area contributed by atoms with Crippen molar-refractivity contribution in [1.29, 1.82) is 0 Å². The second kappa shape index (κ2) is 19.6. The van der Waals surface area contributed by atoms with E-state index in [1.54, 1.807) is 27.1 Å². The second-order valence-corrected chi connectivity index (χ2v) is 18.5. The van der Waals surface area contributed by atoms with Crippen LogP contribution >= 0.6 is 0 Å². The molecule has 4 aliphatic heterocycles. The molecule has 19 nitrogen and oxygen atoms in total. The first-order valence-electron chi connectivity index (χ1n) is 23.3. The third kappa shape index (κ3) is 9.62. The lowest BCUT2D eigenvalue weighted by Gasteiger charge is -2.30. The highest BCUT2D eigenvalue weighted by molar-refractivity contribution is 5.87. The molecule has 4 N–H and O–H groups in total. The molecule has 69 heavy (non-hydrogen) atoms. The lowest BCUT2D eigenvalue weighted by molar-refractivity contribution is -0.136. The minimum absolute atomic E-state index is 0.0970. The Morgan fingerprint density at radius 1 is 0.681 bits per heavy atom. The van der Waals surface area contributed by atoms with Gasteiger partial charge in [0.2, 0.25) is 18.6 Å². The molecule has 6 heterocycles. The van der Waals surface area contributed by atoms with Gasteiger partial charge in [0.15, 0.2) is 11.5 Å². The van der Waals surface area contributed by atoms with E-state index in [1.807, 2.05) is 88.4 Å². The highest BCUT2D eigenvalue weighted by atomic mass is 16.7. The molecule has 5 aromatic rings. The number of nitrogens with zero attached hydrogens (tertiary/aromatic N) is 5. The molecule has 4 aliphatic rings. The Balaban J connectivity index is 0.871. The van der Waals surface area contributed by atoms with Crippen molar-refractivity contribution in [1.82, 2.24) is 45.3 Å². The van der Waals surface area contributed by atoms with Gasteiger partial charge in [0.05, 0.1) is 56.6 Å². The second-order valence-electron chi connectivity index (χ2n) is 18.5. The maximum absolute atomic E-state index is 14.3. The summed E-state index contributed by atoms with van der Waals surface area (Å²) in [6.07, 6.45) is 2.86. The number of hydrogen-bond acceptors (Lipinski definition) is 12. The minimum Gasteiger partial charge on any atom is -0.454 e. The molecule has 0 radical (unpaired) electrons. The number of aromatic nitrogens is 4. The fourth-order valence-electron chi connectivity index (χ4n) is 9.58. The SMILES string of the molecule is COC(=O)N[C@H](C(=O)N1CCCC1c1ncc(-c2ccc(-c3ccc(-c4cnc(C5C[C@@H](OC(=O)N6Cc7cc8c(cc7C6)OCO8)CN5C(=O)[C@@H](NC(=O)OC)C(C)C)[nH]4)cc3)cc2)[nH]1)C(C)C. The molecule has 5 amide bonds. The summed E-state index contributed by atoms with van der Waals surface area (Å²) in [5, 5.41) is 5.38. The van der Waals surface area contributed by atoms with Gasteiger partial charge in [0.1, 0.15) is 29.8 Å². The Morgan fingerprint density at radius 3 is 1.65 bits per heavy atom. The van der Waals surface area contributed by atoms with E-state index in [2.05, 4.69) is 25.6 Å². The molecule has 2 aromatic heterocycles. The molecule has 0 aliphatic carbocycles. The van der Waals surface area contributed by atoms with E-state index in [-0.39, 0.29) is 49.5 Å². The summed E-state index contributed by atoms with van der Waals surface area (Å²) in [6.45, 7) is 9.00. The third-order valence-corrected chi connectivity index (χ3v) is 13.4. The highest BCUT2D eigenvalue weighted by Gasteiger charge is 2.44. The Morgan fingerprint density at radius 2 is 1.16 bits per heavy atom. The predicted molar refractivity (Wildman–Crippen MR) is 250 cm³/mol. The fourth-order valence-corrected chi connectivity index (χ4v) is 9.58. The van der Waals surface area contributed by atoms with Gasteiger partial charge in [0, 0.05) is 26.1 Å². The molecule has 2 saturated heterocycles. The van der Waals surface area contributed by atoms with E-state index in [9.17, 15) is 24.0 Å². The molecule has 19 heteroatoms. The number of fused-ring (bicyclic) bond motifs is 2. The number of carbonyl (C=O) groups excluding carboxylic acids is 5. The van der Waals surface area contributed by atoms with Gasteiger partial charge in [-0.3, -0.25) is 14.5 Å². The van der Waals surface area contributed by atoms with Crippen molar-refractivity contribution >= 4 is 30.1 Å². The highest BCUT2D eigenvalue weighted by Crippen LogP contribution is 2.40. The number of imidazole rings is 2. The van der Waals surface area contributed by atoms with Crippen LogP contribution < -0.4 is 20.1 Å². The molecule has 362 valence electrons. The van der Waals surface area contributed by atoms with Crippen LogP contribution in [-0.4, -0.2) is 117 Å². The van der Waals surface area contributed by atoms with Crippen molar-refractivity contribution in [2.75, 3.05) is 34.1 Å². The first-order chi connectivity index (χ1) is 33.3. The molecule has 2 fully saturated rings. The molecular formula is C50H57N9O10. The summed E-state index contributed by atoms with van der Waals surface area (Å²) >= 11 is 0. The Hall–Kier alpha value is -7.57. The number of H-pyrrole nitrogens is 2. The van der Waals surface area contributed by atoms with Crippen LogP contribution in [0.25, 0.3) is 33.6 Å². The fraction of sp³-hybridized carbons (Fsp3) is 0.420. The van der Waals surface area contributed by atoms with E-state index in [1.165, 1.54) is 14.2 Å². The molecule has 0 bridgehead atoms. The maximum atomic E-state index is 14.3. The van der Waals surface area contributed by atoms with Crippen molar-refractivity contribution in [3.63, 3.8) is 0 Å². The molecule has 2 unspecified atom stereocenters. The van der Waals surface area contributed by atoms with Gasteiger partial charge in [-0.25, -0.2) is 24.4 Å². The monoisotopic (exact) mass is 943 g/mol. The maximum Gasteiger partial charge on any atom is 0.410 e. The van der Waals surface area contributed by atoms with Crippen molar-refractivity contribution in [3.05, 3.63) is 95.8 Å². The number of nitrogens with one attached hydrogen (secondary N) is 4. The topological polar surface area (TPSA) is 223 Å². The van der Waals surface area contributed by atoms with Gasteiger partial charge in [-0.2, -0.15) is 0 Å². The lowest BCUT2D eigenvalue weighted by atomic mass is 10.0. The van der Waals surface area contributed by atoms with Gasteiger partial charge < -0.3 is 54.1 Å². The smallest absolute Gasteiger partial charge is 0.410 e. The number of benzene rings is 3. The Bertz CT molecular complexity index is 2680. The molecule has 0 spiro atoms. The molecule has 0 saturated carbocycles. The lowest BCUT2D eigenvalue weighted by Crippen LogP contribution is -2.51. The predicted octanol–water partition coefficient (Wildman–Crippen LogP) is 7.08. The van der Waals surface area contributed by atoms with E-state index in [0.29, 0.717) is 42.8 Å². The summed E-state index contributed by atoms with van der Waals surface area (Å²) in [6, 6.07) is 17.5. The van der Waals surface area contributed by atoms with Crippen LogP contribution in [0.4, 0.5) is 14.4 Å². The summed E-state index contributed by atoms with van der Waals surface area (Å²) in [5.74, 6) is 1.61. The Kier molecular flexibility index (Phi) is 13.2. The number of ether oxygens (including phenoxy) is 5. The molecule has 9 rings (SSSR count). The van der Waals surface area contributed by atoms with E-state index < -0.39 is 42.5 Å². The van der Waals surface area contributed by atoms with Crippen LogP contribution in [0, 0.1) is 11.8 Å². The van der Waals surface area contributed by atoms with Crippen molar-refractivity contribution in [2.24, 2.45) is 11.8 Å². The van der Waals surface area contributed by atoms with Crippen LogP contribution in [0.2, 0.25) is 0 Å². The number of alkyl carbamates (subject to hydrolysis) is 2. The standard InChI is InChI=1S/C50H57N9O10/c1-27(2)42(55-48(62)65-5)46(60)58-17-7-8-38(58)44-51-21-36(53-44)31-13-9-29(10-14-31)30-11-15-32(16-12-30)37-22-52-45(54-37)39-20-35(25-59(39)47(61)43(28(3)4)56-49(63)66-6)69-50(64)57-23-33-18-40-41(68-26-67-40)19-34(33)24-57/h9-16,18-19,21-22,27-28,35,38-39,42-43H,7-8,17,20,23-26H2,1-6H3,(H,51,53)(H,52,54)(H,55,62)(H,56,63)/t35-,38?,39?,42+,43+/m1/s1. The summed E-state index contributed by atoms with van der Waals surface area (Å²) < 4.78 is 26.8. The summed E-state index contributed by atoms with van der Waals surface area (Å²) in [7, 11) is 2.53. The normalized spacial score (nSPS) is 19.1. The third-order valence-electron chi connectivity index (χ3n) is 13.4. The summed E-state index contributed by atoms with van der Waals surface area (Å²) in [5.41, 5.74) is 7.29. The van der Waals surface area contributed by atoms with Gasteiger partial charge >= 0.3 is 18.3 Å². The molecular weight excluding hydrogens is 887 g/mol. The number of carbonyl (C=O) groups is 5. The number of amides is 5. The quantitative estimate of drug-likeness (QED) is 0.0922.